The van der Waals surface area contributed by atoms with Crippen molar-refractivity contribution in [2.75, 3.05) is 12.4 Å². The molecule has 0 radical (unpaired) electrons. The van der Waals surface area contributed by atoms with Gasteiger partial charge in [0.2, 0.25) is 0 Å². The van der Waals surface area contributed by atoms with Crippen LogP contribution in [0.3, 0.4) is 0 Å². The van der Waals surface area contributed by atoms with Crippen LogP contribution in [-0.4, -0.2) is 23.2 Å². The maximum atomic E-state index is 12.2. The molecule has 0 saturated heterocycles. The molecule has 0 saturated carbocycles. The molecule has 1 aliphatic carbocycles. The standard InChI is InChI=1S/C17H19N3O2S2/c1-10(11-6-8-18-9-7-11)19-17(23)20-15-14(16(21)22-2)12-4-3-5-13(12)24-15/h6-10H,3-5H2,1-2H3,(H2,19,20,23). The van der Waals surface area contributed by atoms with Gasteiger partial charge >= 0.3 is 5.97 Å². The molecule has 3 rings (SSSR count). The number of nitrogens with one attached hydrogen (secondary N) is 2. The normalized spacial score (nSPS) is 13.9. The fraction of sp³-hybridized carbons (Fsp3) is 0.353. The van der Waals surface area contributed by atoms with Gasteiger partial charge in [0.1, 0.15) is 5.00 Å². The first kappa shape index (κ1) is 16.9. The SMILES string of the molecule is COC(=O)c1c(NC(=S)NC(C)c2ccncc2)sc2c1CCC2. The number of ether oxygens (including phenoxy) is 1. The number of thiocarbonyl (C=S) groups is 1. The number of pyridine rings is 1. The quantitative estimate of drug-likeness (QED) is 0.642. The molecular formula is C17H19N3O2S2. The number of aryl methyl sites for hydroxylation is 1. The number of nitrogens with zero attached hydrogens (tertiary/aromatic N) is 1. The monoisotopic (exact) mass is 361 g/mol. The number of methoxy groups -OCH3 is 1. The Kier molecular flexibility index (Phi) is 5.11. The van der Waals surface area contributed by atoms with Crippen LogP contribution >= 0.6 is 23.6 Å². The van der Waals surface area contributed by atoms with Crippen molar-refractivity contribution in [1.82, 2.24) is 10.3 Å². The lowest BCUT2D eigenvalue weighted by atomic mass is 10.1. The number of hydrogen-bond donors (Lipinski definition) is 2. The van der Waals surface area contributed by atoms with Crippen molar-refractivity contribution in [3.63, 3.8) is 0 Å². The summed E-state index contributed by atoms with van der Waals surface area (Å²) in [6, 6.07) is 3.93. The second-order valence-corrected chi connectivity index (χ2v) is 7.17. The molecule has 0 amide bonds. The number of hydrogen-bond acceptors (Lipinski definition) is 5. The summed E-state index contributed by atoms with van der Waals surface area (Å²) in [6.45, 7) is 2.03. The lowest BCUT2D eigenvalue weighted by Gasteiger charge is -2.17. The zero-order valence-corrected chi connectivity index (χ0v) is 15.2. The fourth-order valence-electron chi connectivity index (χ4n) is 2.88. The molecule has 126 valence electrons. The minimum atomic E-state index is -0.304. The first-order valence-electron chi connectivity index (χ1n) is 7.80. The highest BCUT2D eigenvalue weighted by atomic mass is 32.1. The largest absolute Gasteiger partial charge is 0.465 e. The van der Waals surface area contributed by atoms with E-state index in [1.807, 2.05) is 19.1 Å². The third-order valence-corrected chi connectivity index (χ3v) is 5.52. The smallest absolute Gasteiger partial charge is 0.341 e. The van der Waals surface area contributed by atoms with Gasteiger partial charge in [-0.3, -0.25) is 4.98 Å². The zero-order valence-electron chi connectivity index (χ0n) is 13.6. The topological polar surface area (TPSA) is 63.2 Å². The van der Waals surface area contributed by atoms with Gasteiger partial charge in [-0.25, -0.2) is 4.79 Å². The Morgan fingerprint density at radius 2 is 2.12 bits per heavy atom. The molecule has 5 nitrogen and oxygen atoms in total. The molecule has 1 aliphatic rings. The summed E-state index contributed by atoms with van der Waals surface area (Å²) in [5.74, 6) is -0.304. The Labute approximate surface area is 150 Å². The van der Waals surface area contributed by atoms with Crippen LogP contribution in [0, 0.1) is 0 Å². The molecule has 0 spiro atoms. The first-order chi connectivity index (χ1) is 11.6. The molecule has 2 N–H and O–H groups in total. The van der Waals surface area contributed by atoms with Crippen LogP contribution in [0.25, 0.3) is 0 Å². The van der Waals surface area contributed by atoms with Gasteiger partial charge in [-0.2, -0.15) is 0 Å². The van der Waals surface area contributed by atoms with E-state index in [4.69, 9.17) is 17.0 Å². The number of fused-ring (bicyclic) bond motifs is 1. The molecular weight excluding hydrogens is 342 g/mol. The molecule has 7 heteroatoms. The van der Waals surface area contributed by atoms with Crippen LogP contribution in [0.1, 0.15) is 45.7 Å². The van der Waals surface area contributed by atoms with E-state index in [0.29, 0.717) is 10.7 Å². The van der Waals surface area contributed by atoms with Crippen molar-refractivity contribution in [1.29, 1.82) is 0 Å². The molecule has 0 fully saturated rings. The minimum Gasteiger partial charge on any atom is -0.465 e. The van der Waals surface area contributed by atoms with Gasteiger partial charge in [0.05, 0.1) is 18.7 Å². The predicted octanol–water partition coefficient (Wildman–Crippen LogP) is 3.47. The summed E-state index contributed by atoms with van der Waals surface area (Å²) in [5, 5.41) is 7.68. The van der Waals surface area contributed by atoms with Crippen molar-refractivity contribution in [2.45, 2.75) is 32.2 Å². The molecule has 0 aliphatic heterocycles. The van der Waals surface area contributed by atoms with Crippen molar-refractivity contribution in [3.05, 3.63) is 46.1 Å². The van der Waals surface area contributed by atoms with E-state index < -0.39 is 0 Å². The Morgan fingerprint density at radius 1 is 1.38 bits per heavy atom. The van der Waals surface area contributed by atoms with E-state index >= 15 is 0 Å². The van der Waals surface area contributed by atoms with Crippen LogP contribution in [0.15, 0.2) is 24.5 Å². The van der Waals surface area contributed by atoms with Gasteiger partial charge < -0.3 is 15.4 Å². The van der Waals surface area contributed by atoms with Gasteiger partial charge in [-0.05, 0) is 61.7 Å². The van der Waals surface area contributed by atoms with E-state index in [9.17, 15) is 4.79 Å². The second-order valence-electron chi connectivity index (χ2n) is 5.65. The van der Waals surface area contributed by atoms with Crippen molar-refractivity contribution in [3.8, 4) is 0 Å². The Morgan fingerprint density at radius 3 is 2.83 bits per heavy atom. The number of aromatic nitrogens is 1. The number of carbonyl (C=O) groups is 1. The second kappa shape index (κ2) is 7.27. The van der Waals surface area contributed by atoms with Crippen LogP contribution in [0.5, 0.6) is 0 Å². The molecule has 2 aromatic rings. The minimum absolute atomic E-state index is 0.0429. The van der Waals surface area contributed by atoms with Crippen LogP contribution in [-0.2, 0) is 17.6 Å². The number of esters is 1. The highest BCUT2D eigenvalue weighted by Crippen LogP contribution is 2.39. The summed E-state index contributed by atoms with van der Waals surface area (Å²) in [7, 11) is 1.41. The summed E-state index contributed by atoms with van der Waals surface area (Å²) in [5.41, 5.74) is 2.84. The maximum Gasteiger partial charge on any atom is 0.341 e. The van der Waals surface area contributed by atoms with E-state index in [0.717, 1.165) is 35.4 Å². The van der Waals surface area contributed by atoms with E-state index in [-0.39, 0.29) is 12.0 Å². The molecule has 0 bridgehead atoms. The van der Waals surface area contributed by atoms with Gasteiger partial charge in [0.25, 0.3) is 0 Å². The molecule has 1 atom stereocenters. The fourth-order valence-corrected chi connectivity index (χ4v) is 4.51. The Bertz CT molecular complexity index is 759. The lowest BCUT2D eigenvalue weighted by Crippen LogP contribution is -2.31. The number of rotatable bonds is 4. The maximum absolute atomic E-state index is 12.2. The predicted molar refractivity (Wildman–Crippen MR) is 99.7 cm³/mol. The van der Waals surface area contributed by atoms with Crippen molar-refractivity contribution >= 4 is 39.6 Å². The molecule has 0 aromatic carbocycles. The summed E-state index contributed by atoms with van der Waals surface area (Å²) < 4.78 is 4.95. The Hall–Kier alpha value is -1.99. The van der Waals surface area contributed by atoms with E-state index in [1.165, 1.54) is 12.0 Å². The van der Waals surface area contributed by atoms with E-state index in [1.54, 1.807) is 23.7 Å². The summed E-state index contributed by atoms with van der Waals surface area (Å²) in [6.07, 6.45) is 6.53. The summed E-state index contributed by atoms with van der Waals surface area (Å²) >= 11 is 7.01. The third kappa shape index (κ3) is 3.42. The van der Waals surface area contributed by atoms with Crippen LogP contribution < -0.4 is 10.6 Å². The molecule has 1 unspecified atom stereocenters. The average Bonchev–Trinajstić information content (AvgIpc) is 3.15. The van der Waals surface area contributed by atoms with Crippen molar-refractivity contribution < 1.29 is 9.53 Å². The first-order valence-corrected chi connectivity index (χ1v) is 9.03. The average molecular weight is 361 g/mol. The van der Waals surface area contributed by atoms with Gasteiger partial charge in [-0.15, -0.1) is 11.3 Å². The van der Waals surface area contributed by atoms with Crippen molar-refractivity contribution in [2.24, 2.45) is 0 Å². The van der Waals surface area contributed by atoms with Crippen LogP contribution in [0.4, 0.5) is 5.00 Å². The lowest BCUT2D eigenvalue weighted by molar-refractivity contribution is 0.0601. The molecule has 2 aromatic heterocycles. The number of carbonyl (C=O) groups excluding carboxylic acids is 1. The van der Waals surface area contributed by atoms with Gasteiger partial charge in [0.15, 0.2) is 5.11 Å². The number of thiophene rings is 1. The highest BCUT2D eigenvalue weighted by molar-refractivity contribution is 7.80. The molecule has 2 heterocycles. The third-order valence-electron chi connectivity index (χ3n) is 4.09. The highest BCUT2D eigenvalue weighted by Gasteiger charge is 2.27. The van der Waals surface area contributed by atoms with Gasteiger partial charge in [0, 0.05) is 17.3 Å². The number of anilines is 1. The molecule has 24 heavy (non-hydrogen) atoms. The van der Waals surface area contributed by atoms with Gasteiger partial charge in [-0.1, -0.05) is 0 Å². The zero-order chi connectivity index (χ0) is 17.1. The summed E-state index contributed by atoms with van der Waals surface area (Å²) in [4.78, 5) is 17.4. The van der Waals surface area contributed by atoms with Crippen LogP contribution in [0.2, 0.25) is 0 Å². The Balaban J connectivity index is 1.74. The van der Waals surface area contributed by atoms with E-state index in [2.05, 4.69) is 15.6 Å².